The molecule has 1 saturated heterocycles. The van der Waals surface area contributed by atoms with E-state index in [0.29, 0.717) is 12.5 Å². The first-order chi connectivity index (χ1) is 14.4. The maximum atomic E-state index is 6.22. The number of nitrogens with one attached hydrogen (secondary N) is 1. The van der Waals surface area contributed by atoms with Crippen LogP contribution in [-0.2, 0) is 17.8 Å². The molecule has 0 atom stereocenters. The Hall–Kier alpha value is -1.99. The van der Waals surface area contributed by atoms with Gasteiger partial charge in [-0.05, 0) is 44.6 Å². The molecule has 6 nitrogen and oxygen atoms in total. The third kappa shape index (κ3) is 3.52. The monoisotopic (exact) mass is 425 g/mol. The highest BCUT2D eigenvalue weighted by Gasteiger charge is 2.33. The van der Waals surface area contributed by atoms with E-state index in [4.69, 9.17) is 14.7 Å². The van der Waals surface area contributed by atoms with Crippen molar-refractivity contribution in [2.45, 2.75) is 65.6 Å². The summed E-state index contributed by atoms with van der Waals surface area (Å²) in [7, 11) is 0. The zero-order valence-electron chi connectivity index (χ0n) is 18.4. The van der Waals surface area contributed by atoms with Crippen LogP contribution in [0.4, 0.5) is 11.6 Å². The smallest absolute Gasteiger partial charge is 0.147 e. The Labute approximate surface area is 182 Å². The van der Waals surface area contributed by atoms with Crippen LogP contribution in [0, 0.1) is 5.92 Å². The number of anilines is 2. The number of rotatable bonds is 5. The lowest BCUT2D eigenvalue weighted by molar-refractivity contribution is -0.0395. The first-order valence-corrected chi connectivity index (χ1v) is 12.0. The molecule has 0 saturated carbocycles. The largest absolute Gasteiger partial charge is 0.370 e. The third-order valence-electron chi connectivity index (χ3n) is 6.23. The number of aromatic nitrogens is 3. The van der Waals surface area contributed by atoms with Crippen molar-refractivity contribution in [1.29, 1.82) is 0 Å². The van der Waals surface area contributed by atoms with Crippen LogP contribution in [-0.4, -0.2) is 40.2 Å². The molecule has 0 amide bonds. The van der Waals surface area contributed by atoms with Crippen LogP contribution >= 0.6 is 11.3 Å². The summed E-state index contributed by atoms with van der Waals surface area (Å²) in [6.07, 6.45) is 6.17. The molecule has 0 spiro atoms. The second-order valence-corrected chi connectivity index (χ2v) is 10.6. The number of fused-ring (bicyclic) bond motifs is 5. The van der Waals surface area contributed by atoms with Crippen LogP contribution in [0.1, 0.15) is 58.1 Å². The Morgan fingerprint density at radius 3 is 2.77 bits per heavy atom. The van der Waals surface area contributed by atoms with Gasteiger partial charge in [0.25, 0.3) is 0 Å². The fourth-order valence-corrected chi connectivity index (χ4v) is 5.70. The molecule has 160 valence electrons. The number of hydrogen-bond donors (Lipinski definition) is 1. The van der Waals surface area contributed by atoms with Crippen molar-refractivity contribution in [3.63, 3.8) is 0 Å². The van der Waals surface area contributed by atoms with Gasteiger partial charge in [0.1, 0.15) is 22.8 Å². The van der Waals surface area contributed by atoms with Crippen molar-refractivity contribution in [2.24, 2.45) is 5.92 Å². The summed E-state index contributed by atoms with van der Waals surface area (Å²) < 4.78 is 7.34. The minimum atomic E-state index is -0.177. The minimum Gasteiger partial charge on any atom is -0.370 e. The maximum Gasteiger partial charge on any atom is 0.147 e. The van der Waals surface area contributed by atoms with Gasteiger partial charge in [-0.3, -0.25) is 0 Å². The van der Waals surface area contributed by atoms with E-state index in [2.05, 4.69) is 42.9 Å². The van der Waals surface area contributed by atoms with Crippen LogP contribution in [0.3, 0.4) is 0 Å². The first-order valence-electron chi connectivity index (χ1n) is 11.1. The van der Waals surface area contributed by atoms with Gasteiger partial charge in [-0.1, -0.05) is 13.8 Å². The summed E-state index contributed by atoms with van der Waals surface area (Å²) in [5, 5.41) is 4.75. The Kier molecular flexibility index (Phi) is 5.06. The van der Waals surface area contributed by atoms with E-state index in [-0.39, 0.29) is 5.60 Å². The molecule has 5 heterocycles. The Bertz CT molecular complexity index is 1080. The molecule has 3 aromatic heterocycles. The van der Waals surface area contributed by atoms with Gasteiger partial charge in [-0.25, -0.2) is 15.0 Å². The average Bonchev–Trinajstić information content (AvgIpc) is 3.34. The fraction of sp³-hybridized carbons (Fsp3) is 0.609. The second kappa shape index (κ2) is 7.61. The molecule has 2 aliphatic heterocycles. The molecule has 0 unspecified atom stereocenters. The molecular formula is C23H31N5OS. The van der Waals surface area contributed by atoms with E-state index in [0.717, 1.165) is 59.2 Å². The van der Waals surface area contributed by atoms with Gasteiger partial charge < -0.3 is 15.0 Å². The molecular weight excluding hydrogens is 394 g/mol. The highest BCUT2D eigenvalue weighted by molar-refractivity contribution is 7.26. The highest BCUT2D eigenvalue weighted by atomic mass is 32.1. The molecule has 0 bridgehead atoms. The number of pyridine rings is 1. The fourth-order valence-electron chi connectivity index (χ4n) is 4.58. The molecule has 7 heteroatoms. The topological polar surface area (TPSA) is 63.2 Å². The van der Waals surface area contributed by atoms with Crippen molar-refractivity contribution < 1.29 is 4.74 Å². The lowest BCUT2D eigenvalue weighted by Crippen LogP contribution is -2.33. The van der Waals surface area contributed by atoms with E-state index in [1.54, 1.807) is 17.7 Å². The van der Waals surface area contributed by atoms with Crippen molar-refractivity contribution in [3.8, 4) is 0 Å². The van der Waals surface area contributed by atoms with E-state index >= 15 is 0 Å². The molecule has 0 aliphatic carbocycles. The Morgan fingerprint density at radius 2 is 2.00 bits per heavy atom. The molecule has 30 heavy (non-hydrogen) atoms. The van der Waals surface area contributed by atoms with Crippen molar-refractivity contribution in [1.82, 2.24) is 15.0 Å². The molecule has 5 rings (SSSR count). The maximum absolute atomic E-state index is 6.22. The molecule has 3 aromatic rings. The van der Waals surface area contributed by atoms with Gasteiger partial charge in [-0.2, -0.15) is 0 Å². The van der Waals surface area contributed by atoms with Gasteiger partial charge >= 0.3 is 0 Å². The van der Waals surface area contributed by atoms with E-state index < -0.39 is 0 Å². The Balaban J connectivity index is 1.68. The van der Waals surface area contributed by atoms with Gasteiger partial charge in [0.05, 0.1) is 22.4 Å². The number of nitrogens with zero attached hydrogens (tertiary/aromatic N) is 4. The van der Waals surface area contributed by atoms with Crippen LogP contribution in [0.15, 0.2) is 6.33 Å². The predicted octanol–water partition coefficient (Wildman–Crippen LogP) is 5.15. The summed E-state index contributed by atoms with van der Waals surface area (Å²) in [4.78, 5) is 18.0. The predicted molar refractivity (Wildman–Crippen MR) is 125 cm³/mol. The van der Waals surface area contributed by atoms with E-state index in [9.17, 15) is 0 Å². The van der Waals surface area contributed by atoms with Gasteiger partial charge in [0, 0.05) is 37.0 Å². The first kappa shape index (κ1) is 19.9. The number of hydrogen-bond acceptors (Lipinski definition) is 7. The zero-order chi connectivity index (χ0) is 20.9. The van der Waals surface area contributed by atoms with Crippen LogP contribution < -0.4 is 10.2 Å². The normalized spacial score (nSPS) is 18.5. The average molecular weight is 426 g/mol. The number of ether oxygens (including phenoxy) is 1. The van der Waals surface area contributed by atoms with Crippen LogP contribution in [0.25, 0.3) is 20.4 Å². The second-order valence-electron chi connectivity index (χ2n) is 9.60. The quantitative estimate of drug-likeness (QED) is 0.610. The van der Waals surface area contributed by atoms with Gasteiger partial charge in [-0.15, -0.1) is 11.3 Å². The van der Waals surface area contributed by atoms with Crippen molar-refractivity contribution >= 4 is 43.4 Å². The van der Waals surface area contributed by atoms with Crippen LogP contribution in [0.5, 0.6) is 0 Å². The molecule has 2 aliphatic rings. The Morgan fingerprint density at radius 1 is 1.20 bits per heavy atom. The van der Waals surface area contributed by atoms with E-state index in [1.807, 2.05) is 0 Å². The summed E-state index contributed by atoms with van der Waals surface area (Å²) in [5.74, 6) is 2.72. The third-order valence-corrected chi connectivity index (χ3v) is 7.31. The lowest BCUT2D eigenvalue weighted by atomic mass is 9.90. The SMILES string of the molecule is CC(C)CCNc1ncnc2c1sc1nc(N3CCCC3)c3c(c12)CC(C)(C)OC3. The molecule has 1 fully saturated rings. The summed E-state index contributed by atoms with van der Waals surface area (Å²) >= 11 is 1.73. The van der Waals surface area contributed by atoms with Gasteiger partial charge in [0.15, 0.2) is 0 Å². The summed E-state index contributed by atoms with van der Waals surface area (Å²) in [6, 6.07) is 0. The van der Waals surface area contributed by atoms with Crippen LogP contribution in [0.2, 0.25) is 0 Å². The summed E-state index contributed by atoms with van der Waals surface area (Å²) in [6.45, 7) is 12.6. The molecule has 0 aromatic carbocycles. The zero-order valence-corrected chi connectivity index (χ0v) is 19.2. The summed E-state index contributed by atoms with van der Waals surface area (Å²) in [5.41, 5.74) is 3.49. The van der Waals surface area contributed by atoms with Crippen molar-refractivity contribution in [3.05, 3.63) is 17.5 Å². The highest BCUT2D eigenvalue weighted by Crippen LogP contribution is 2.44. The molecule has 1 N–H and O–H groups in total. The standard InChI is InChI=1S/C23H31N5OS/c1-14(2)7-8-24-20-19-18(25-13-26-20)17-15-11-23(3,4)29-12-16(15)21(27-22(17)30-19)28-9-5-6-10-28/h13-14H,5-12H2,1-4H3,(H,24,25,26). The van der Waals surface area contributed by atoms with Crippen molar-refractivity contribution in [2.75, 3.05) is 29.9 Å². The molecule has 0 radical (unpaired) electrons. The lowest BCUT2D eigenvalue weighted by Gasteiger charge is -2.34. The van der Waals surface area contributed by atoms with E-state index in [1.165, 1.54) is 29.4 Å². The van der Waals surface area contributed by atoms with Gasteiger partial charge in [0.2, 0.25) is 0 Å². The minimum absolute atomic E-state index is 0.177. The number of thiophene rings is 1.